The van der Waals surface area contributed by atoms with Crippen molar-refractivity contribution in [2.24, 2.45) is 0 Å². The first-order valence-electron chi connectivity index (χ1n) is 4.50. The molecule has 0 saturated heterocycles. The number of nitrogens with zero attached hydrogens (tertiary/aromatic N) is 1. The van der Waals surface area contributed by atoms with Gasteiger partial charge in [-0.15, -0.1) is 0 Å². The Morgan fingerprint density at radius 3 is 2.64 bits per heavy atom. The third-order valence-corrected chi connectivity index (χ3v) is 1.84. The molecule has 3 heteroatoms. The van der Waals surface area contributed by atoms with E-state index in [-0.39, 0.29) is 0 Å². The number of hydrogen-bond acceptors (Lipinski definition) is 3. The first-order chi connectivity index (χ1) is 6.86. The van der Waals surface area contributed by atoms with Gasteiger partial charge in [0, 0.05) is 18.7 Å². The largest absolute Gasteiger partial charge is 0.384 e. The molecule has 1 aromatic rings. The second-order valence-corrected chi connectivity index (χ2v) is 2.90. The zero-order valence-electron chi connectivity index (χ0n) is 7.86. The second kappa shape index (κ2) is 5.76. The fourth-order valence-corrected chi connectivity index (χ4v) is 1.12. The molecule has 14 heavy (non-hydrogen) atoms. The molecule has 0 fully saturated rings. The number of hydrogen-bond donors (Lipinski definition) is 1. The highest BCUT2D eigenvalue weighted by Crippen LogP contribution is 2.09. The summed E-state index contributed by atoms with van der Waals surface area (Å²) in [4.78, 5) is 10.2. The van der Waals surface area contributed by atoms with Gasteiger partial charge in [-0.1, -0.05) is 12.1 Å². The molecule has 0 unspecified atom stereocenters. The SMILES string of the molecule is N#CCCNc1ccc(CC=O)cc1. The van der Waals surface area contributed by atoms with E-state index in [0.29, 0.717) is 19.4 Å². The summed E-state index contributed by atoms with van der Waals surface area (Å²) in [6.07, 6.45) is 1.84. The average Bonchev–Trinajstić information content (AvgIpc) is 2.21. The van der Waals surface area contributed by atoms with Gasteiger partial charge in [0.2, 0.25) is 0 Å². The highest BCUT2D eigenvalue weighted by atomic mass is 16.1. The zero-order valence-corrected chi connectivity index (χ0v) is 7.86. The van der Waals surface area contributed by atoms with Crippen LogP contribution in [0.25, 0.3) is 0 Å². The van der Waals surface area contributed by atoms with Crippen molar-refractivity contribution >= 4 is 12.0 Å². The van der Waals surface area contributed by atoms with Crippen molar-refractivity contribution in [2.75, 3.05) is 11.9 Å². The van der Waals surface area contributed by atoms with Crippen LogP contribution < -0.4 is 5.32 Å². The number of carbonyl (C=O) groups excluding carboxylic acids is 1. The lowest BCUT2D eigenvalue weighted by atomic mass is 10.1. The van der Waals surface area contributed by atoms with Crippen LogP contribution in [0.5, 0.6) is 0 Å². The normalized spacial score (nSPS) is 9.07. The molecule has 0 aliphatic rings. The first-order valence-corrected chi connectivity index (χ1v) is 4.50. The van der Waals surface area contributed by atoms with Gasteiger partial charge in [0.15, 0.2) is 0 Å². The third-order valence-electron chi connectivity index (χ3n) is 1.84. The predicted octanol–water partition coefficient (Wildman–Crippen LogP) is 1.75. The lowest BCUT2D eigenvalue weighted by molar-refractivity contribution is -0.107. The molecule has 1 aromatic carbocycles. The van der Waals surface area contributed by atoms with E-state index in [1.807, 2.05) is 24.3 Å². The van der Waals surface area contributed by atoms with Gasteiger partial charge in [-0.05, 0) is 17.7 Å². The summed E-state index contributed by atoms with van der Waals surface area (Å²) in [6.45, 7) is 0.656. The minimum absolute atomic E-state index is 0.457. The lowest BCUT2D eigenvalue weighted by Gasteiger charge is -2.03. The molecular formula is C11H12N2O. The van der Waals surface area contributed by atoms with Gasteiger partial charge in [0.1, 0.15) is 6.29 Å². The number of benzene rings is 1. The summed E-state index contributed by atoms with van der Waals surface area (Å²) in [6, 6.07) is 9.70. The van der Waals surface area contributed by atoms with Crippen LogP contribution in [-0.2, 0) is 11.2 Å². The van der Waals surface area contributed by atoms with E-state index in [1.165, 1.54) is 0 Å². The molecule has 0 aliphatic heterocycles. The Bertz CT molecular complexity index is 324. The Balaban J connectivity index is 2.47. The Kier molecular flexibility index (Phi) is 4.22. The highest BCUT2D eigenvalue weighted by Gasteiger charge is 1.93. The van der Waals surface area contributed by atoms with Crippen LogP contribution in [0, 0.1) is 11.3 Å². The Labute approximate surface area is 83.4 Å². The van der Waals surface area contributed by atoms with Gasteiger partial charge in [-0.2, -0.15) is 5.26 Å². The number of nitrogens with one attached hydrogen (secondary N) is 1. The van der Waals surface area contributed by atoms with Crippen molar-refractivity contribution < 1.29 is 4.79 Å². The van der Waals surface area contributed by atoms with Gasteiger partial charge in [-0.25, -0.2) is 0 Å². The van der Waals surface area contributed by atoms with Gasteiger partial charge < -0.3 is 10.1 Å². The van der Waals surface area contributed by atoms with Gasteiger partial charge in [-0.3, -0.25) is 0 Å². The maximum atomic E-state index is 10.2. The lowest BCUT2D eigenvalue weighted by Crippen LogP contribution is -2.00. The van der Waals surface area contributed by atoms with Crippen LogP contribution in [0.2, 0.25) is 0 Å². The van der Waals surface area contributed by atoms with Gasteiger partial charge >= 0.3 is 0 Å². The van der Waals surface area contributed by atoms with Crippen molar-refractivity contribution in [1.82, 2.24) is 0 Å². The van der Waals surface area contributed by atoms with E-state index in [9.17, 15) is 4.79 Å². The van der Waals surface area contributed by atoms with Gasteiger partial charge in [0.25, 0.3) is 0 Å². The summed E-state index contributed by atoms with van der Waals surface area (Å²) in [5, 5.41) is 11.4. The molecule has 0 spiro atoms. The highest BCUT2D eigenvalue weighted by molar-refractivity contribution is 5.56. The van der Waals surface area contributed by atoms with Crippen LogP contribution in [0.4, 0.5) is 5.69 Å². The summed E-state index contributed by atoms with van der Waals surface area (Å²) < 4.78 is 0. The van der Waals surface area contributed by atoms with Crippen LogP contribution in [0.3, 0.4) is 0 Å². The number of aldehydes is 1. The monoisotopic (exact) mass is 188 g/mol. The molecule has 0 saturated carbocycles. The number of nitriles is 1. The fraction of sp³-hybridized carbons (Fsp3) is 0.273. The van der Waals surface area contributed by atoms with E-state index in [0.717, 1.165) is 17.5 Å². The Morgan fingerprint density at radius 2 is 2.07 bits per heavy atom. The maximum Gasteiger partial charge on any atom is 0.124 e. The van der Waals surface area contributed by atoms with Crippen molar-refractivity contribution in [3.05, 3.63) is 29.8 Å². The molecule has 0 atom stereocenters. The first kappa shape index (κ1) is 10.3. The van der Waals surface area contributed by atoms with Crippen LogP contribution >= 0.6 is 0 Å². The molecule has 0 aliphatic carbocycles. The zero-order chi connectivity index (χ0) is 10.2. The molecule has 3 nitrogen and oxygen atoms in total. The van der Waals surface area contributed by atoms with Crippen LogP contribution in [0.1, 0.15) is 12.0 Å². The molecule has 0 amide bonds. The molecular weight excluding hydrogens is 176 g/mol. The third kappa shape index (κ3) is 3.28. The minimum atomic E-state index is 0.457. The number of carbonyl (C=O) groups is 1. The van der Waals surface area contributed by atoms with Crippen molar-refractivity contribution in [3.8, 4) is 6.07 Å². The van der Waals surface area contributed by atoms with Crippen molar-refractivity contribution in [2.45, 2.75) is 12.8 Å². The quantitative estimate of drug-likeness (QED) is 0.565. The van der Waals surface area contributed by atoms with Crippen LogP contribution in [-0.4, -0.2) is 12.8 Å². The molecule has 1 rings (SSSR count). The van der Waals surface area contributed by atoms with E-state index in [2.05, 4.69) is 11.4 Å². The molecule has 1 N–H and O–H groups in total. The minimum Gasteiger partial charge on any atom is -0.384 e. The second-order valence-electron chi connectivity index (χ2n) is 2.90. The van der Waals surface area contributed by atoms with Crippen molar-refractivity contribution in [3.63, 3.8) is 0 Å². The van der Waals surface area contributed by atoms with Crippen LogP contribution in [0.15, 0.2) is 24.3 Å². The molecule has 72 valence electrons. The topological polar surface area (TPSA) is 52.9 Å². The standard InChI is InChI=1S/C11H12N2O/c12-7-1-8-13-11-4-2-10(3-5-11)6-9-14/h2-5,9,13H,1,6,8H2. The molecule has 0 bridgehead atoms. The smallest absolute Gasteiger partial charge is 0.124 e. The van der Waals surface area contributed by atoms with E-state index in [1.54, 1.807) is 0 Å². The Morgan fingerprint density at radius 1 is 1.36 bits per heavy atom. The number of anilines is 1. The van der Waals surface area contributed by atoms with E-state index >= 15 is 0 Å². The summed E-state index contributed by atoms with van der Waals surface area (Å²) in [7, 11) is 0. The average molecular weight is 188 g/mol. The van der Waals surface area contributed by atoms with Crippen molar-refractivity contribution in [1.29, 1.82) is 5.26 Å². The summed E-state index contributed by atoms with van der Waals surface area (Å²) >= 11 is 0. The predicted molar refractivity (Wildman–Crippen MR) is 54.9 cm³/mol. The fourth-order valence-electron chi connectivity index (χ4n) is 1.12. The van der Waals surface area contributed by atoms with E-state index in [4.69, 9.17) is 5.26 Å². The summed E-state index contributed by atoms with van der Waals surface area (Å²) in [5.74, 6) is 0. The Hall–Kier alpha value is -1.82. The molecule has 0 radical (unpaired) electrons. The molecule has 0 heterocycles. The molecule has 0 aromatic heterocycles. The summed E-state index contributed by atoms with van der Waals surface area (Å²) in [5.41, 5.74) is 1.99. The van der Waals surface area contributed by atoms with Gasteiger partial charge in [0.05, 0.1) is 12.5 Å². The maximum absolute atomic E-state index is 10.2. The van der Waals surface area contributed by atoms with E-state index < -0.39 is 0 Å². The number of rotatable bonds is 5.